The van der Waals surface area contributed by atoms with Crippen molar-refractivity contribution in [2.24, 2.45) is 17.6 Å². The Bertz CT molecular complexity index is 683. The number of hydrogen-bond acceptors (Lipinski definition) is 6. The zero-order chi connectivity index (χ0) is 21.3. The Labute approximate surface area is 166 Å². The van der Waals surface area contributed by atoms with Crippen molar-refractivity contribution in [1.29, 1.82) is 0 Å². The Hall–Kier alpha value is -2.41. The van der Waals surface area contributed by atoms with E-state index in [1.807, 2.05) is 27.7 Å². The van der Waals surface area contributed by atoms with Gasteiger partial charge in [-0.1, -0.05) is 33.8 Å². The van der Waals surface area contributed by atoms with E-state index in [1.54, 1.807) is 6.07 Å². The average molecular weight is 393 g/mol. The van der Waals surface area contributed by atoms with Gasteiger partial charge in [0, 0.05) is 12.8 Å². The molecule has 0 aliphatic rings. The summed E-state index contributed by atoms with van der Waals surface area (Å²) in [5.74, 6) is -1.03. The maximum absolute atomic E-state index is 12.1. The van der Waals surface area contributed by atoms with Crippen molar-refractivity contribution in [3.63, 3.8) is 0 Å². The summed E-state index contributed by atoms with van der Waals surface area (Å²) in [7, 11) is 0. The molecule has 0 amide bonds. The SMILES string of the molecule is CC(C)CCC(=O)Oc1ccc(C[C@H](N)C(=O)O)cc1OC(=O)CCC(C)C. The van der Waals surface area contributed by atoms with E-state index in [0.717, 1.165) is 0 Å². The molecule has 0 aromatic heterocycles. The van der Waals surface area contributed by atoms with Crippen LogP contribution in [-0.4, -0.2) is 29.1 Å². The van der Waals surface area contributed by atoms with Crippen molar-refractivity contribution < 1.29 is 29.0 Å². The van der Waals surface area contributed by atoms with E-state index in [1.165, 1.54) is 12.1 Å². The lowest BCUT2D eigenvalue weighted by Gasteiger charge is -2.14. The van der Waals surface area contributed by atoms with Crippen molar-refractivity contribution in [2.75, 3.05) is 0 Å². The van der Waals surface area contributed by atoms with E-state index >= 15 is 0 Å². The Kier molecular flexibility index (Phi) is 9.65. The smallest absolute Gasteiger partial charge is 0.320 e. The monoisotopic (exact) mass is 393 g/mol. The summed E-state index contributed by atoms with van der Waals surface area (Å²) in [6.07, 6.45) is 1.91. The second kappa shape index (κ2) is 11.4. The van der Waals surface area contributed by atoms with Gasteiger partial charge < -0.3 is 20.3 Å². The molecule has 1 rings (SSSR count). The minimum absolute atomic E-state index is 0.0630. The lowest BCUT2D eigenvalue weighted by Crippen LogP contribution is -2.32. The topological polar surface area (TPSA) is 116 Å². The number of esters is 2. The summed E-state index contributed by atoms with van der Waals surface area (Å²) in [6, 6.07) is 3.53. The lowest BCUT2D eigenvalue weighted by atomic mass is 10.1. The number of carboxylic acid groups (broad SMARTS) is 1. The summed E-state index contributed by atoms with van der Waals surface area (Å²) in [6.45, 7) is 8.03. The van der Waals surface area contributed by atoms with Crippen molar-refractivity contribution in [3.8, 4) is 11.5 Å². The highest BCUT2D eigenvalue weighted by Crippen LogP contribution is 2.30. The molecule has 1 atom stereocenters. The van der Waals surface area contributed by atoms with Crippen LogP contribution in [0.25, 0.3) is 0 Å². The molecule has 0 bridgehead atoms. The molecular weight excluding hydrogens is 362 g/mol. The minimum Gasteiger partial charge on any atom is -0.480 e. The van der Waals surface area contributed by atoms with E-state index in [-0.39, 0.29) is 30.8 Å². The van der Waals surface area contributed by atoms with Crippen LogP contribution in [0.3, 0.4) is 0 Å². The fourth-order valence-electron chi connectivity index (χ4n) is 2.35. The van der Waals surface area contributed by atoms with Crippen molar-refractivity contribution >= 4 is 17.9 Å². The quantitative estimate of drug-likeness (QED) is 0.437. The highest BCUT2D eigenvalue weighted by Gasteiger charge is 2.18. The van der Waals surface area contributed by atoms with Crippen molar-refractivity contribution in [3.05, 3.63) is 23.8 Å². The number of hydrogen-bond donors (Lipinski definition) is 2. The molecule has 0 fully saturated rings. The number of ether oxygens (including phenoxy) is 2. The van der Waals surface area contributed by atoms with E-state index in [0.29, 0.717) is 30.2 Å². The third-order valence-corrected chi connectivity index (χ3v) is 4.08. The number of rotatable bonds is 11. The third kappa shape index (κ3) is 8.99. The number of carbonyl (C=O) groups excluding carboxylic acids is 2. The number of benzene rings is 1. The molecule has 0 unspecified atom stereocenters. The largest absolute Gasteiger partial charge is 0.480 e. The van der Waals surface area contributed by atoms with Crippen molar-refractivity contribution in [1.82, 2.24) is 0 Å². The number of carbonyl (C=O) groups is 3. The maximum Gasteiger partial charge on any atom is 0.320 e. The van der Waals surface area contributed by atoms with Gasteiger partial charge in [0.1, 0.15) is 6.04 Å². The summed E-state index contributed by atoms with van der Waals surface area (Å²) in [5, 5.41) is 8.98. The van der Waals surface area contributed by atoms with Gasteiger partial charge in [-0.2, -0.15) is 0 Å². The Morgan fingerprint density at radius 1 is 0.929 bits per heavy atom. The van der Waals surface area contributed by atoms with Crippen LogP contribution in [-0.2, 0) is 20.8 Å². The van der Waals surface area contributed by atoms with Crippen LogP contribution in [0.5, 0.6) is 11.5 Å². The summed E-state index contributed by atoms with van der Waals surface area (Å²) < 4.78 is 10.8. The van der Waals surface area contributed by atoms with Gasteiger partial charge in [0.05, 0.1) is 0 Å². The molecule has 3 N–H and O–H groups in total. The summed E-state index contributed by atoms with van der Waals surface area (Å²) >= 11 is 0. The molecule has 7 heteroatoms. The average Bonchev–Trinajstić information content (AvgIpc) is 2.60. The highest BCUT2D eigenvalue weighted by molar-refractivity contribution is 5.76. The van der Waals surface area contributed by atoms with E-state index in [4.69, 9.17) is 20.3 Å². The maximum atomic E-state index is 12.1. The van der Waals surface area contributed by atoms with E-state index < -0.39 is 23.9 Å². The predicted molar refractivity (Wildman–Crippen MR) is 105 cm³/mol. The zero-order valence-corrected chi connectivity index (χ0v) is 17.1. The van der Waals surface area contributed by atoms with Crippen LogP contribution in [0.4, 0.5) is 0 Å². The lowest BCUT2D eigenvalue weighted by molar-refractivity contribution is -0.138. The molecule has 0 radical (unpaired) electrons. The van der Waals surface area contributed by atoms with Crippen molar-refractivity contribution in [2.45, 2.75) is 65.8 Å². The molecular formula is C21H31NO6. The van der Waals surface area contributed by atoms with Crippen LogP contribution in [0.2, 0.25) is 0 Å². The Balaban J connectivity index is 2.96. The second-order valence-corrected chi connectivity index (χ2v) is 7.74. The summed E-state index contributed by atoms with van der Waals surface area (Å²) in [5.41, 5.74) is 6.15. The molecule has 0 saturated carbocycles. The fraction of sp³-hybridized carbons (Fsp3) is 0.571. The van der Waals surface area contributed by atoms with Crippen LogP contribution in [0, 0.1) is 11.8 Å². The molecule has 1 aromatic carbocycles. The number of nitrogens with two attached hydrogens (primary N) is 1. The van der Waals surface area contributed by atoms with Gasteiger partial charge in [0.15, 0.2) is 11.5 Å². The molecule has 0 spiro atoms. The van der Waals surface area contributed by atoms with Crippen LogP contribution in [0.1, 0.15) is 58.9 Å². The summed E-state index contributed by atoms with van der Waals surface area (Å²) in [4.78, 5) is 35.2. The first kappa shape index (κ1) is 23.6. The predicted octanol–water partition coefficient (Wildman–Crippen LogP) is 3.32. The first-order chi connectivity index (χ1) is 13.1. The first-order valence-corrected chi connectivity index (χ1v) is 9.61. The zero-order valence-electron chi connectivity index (χ0n) is 17.1. The van der Waals surface area contributed by atoms with Crippen LogP contribution in [0.15, 0.2) is 18.2 Å². The number of aliphatic carboxylic acids is 1. The van der Waals surface area contributed by atoms with Gasteiger partial charge in [-0.15, -0.1) is 0 Å². The van der Waals surface area contributed by atoms with E-state index in [2.05, 4.69) is 0 Å². The molecule has 1 aromatic rings. The molecule has 0 aliphatic heterocycles. The number of carboxylic acids is 1. The first-order valence-electron chi connectivity index (χ1n) is 9.61. The fourth-order valence-corrected chi connectivity index (χ4v) is 2.35. The normalized spacial score (nSPS) is 12.1. The van der Waals surface area contributed by atoms with Crippen LogP contribution < -0.4 is 15.2 Å². The van der Waals surface area contributed by atoms with Gasteiger partial charge >= 0.3 is 17.9 Å². The third-order valence-electron chi connectivity index (χ3n) is 4.08. The molecule has 0 heterocycles. The minimum atomic E-state index is -1.13. The van der Waals surface area contributed by atoms with Gasteiger partial charge in [0.2, 0.25) is 0 Å². The molecule has 28 heavy (non-hydrogen) atoms. The van der Waals surface area contributed by atoms with Gasteiger partial charge in [-0.25, -0.2) is 0 Å². The molecule has 0 saturated heterocycles. The Morgan fingerprint density at radius 3 is 1.89 bits per heavy atom. The highest BCUT2D eigenvalue weighted by atomic mass is 16.6. The van der Waals surface area contributed by atoms with Gasteiger partial charge in [-0.3, -0.25) is 14.4 Å². The standard InChI is InChI=1S/C21H31NO6/c1-13(2)5-9-19(23)27-17-8-7-15(11-16(22)21(25)26)12-18(17)28-20(24)10-6-14(3)4/h7-8,12-14,16H,5-6,9-11,22H2,1-4H3,(H,25,26)/t16-/m0/s1. The van der Waals surface area contributed by atoms with E-state index in [9.17, 15) is 14.4 Å². The van der Waals surface area contributed by atoms with Gasteiger partial charge in [-0.05, 0) is 48.8 Å². The molecule has 0 aliphatic carbocycles. The molecule has 156 valence electrons. The Morgan fingerprint density at radius 2 is 1.43 bits per heavy atom. The second-order valence-electron chi connectivity index (χ2n) is 7.74. The van der Waals surface area contributed by atoms with Gasteiger partial charge in [0.25, 0.3) is 0 Å². The van der Waals surface area contributed by atoms with Crippen LogP contribution >= 0.6 is 0 Å². The molecule has 7 nitrogen and oxygen atoms in total.